The van der Waals surface area contributed by atoms with Crippen molar-refractivity contribution >= 4 is 33.8 Å². The molecule has 0 radical (unpaired) electrons. The quantitative estimate of drug-likeness (QED) is 0.359. The molecule has 1 atom stereocenters. The lowest BCUT2D eigenvalue weighted by atomic mass is 10.0. The second kappa shape index (κ2) is 12.7. The normalized spacial score (nSPS) is 18.0. The Morgan fingerprint density at radius 3 is 2.58 bits per heavy atom. The van der Waals surface area contributed by atoms with E-state index in [-0.39, 0.29) is 23.8 Å². The average molecular weight is 541 g/mol. The number of aliphatic carboxylic acids is 1. The predicted molar refractivity (Wildman–Crippen MR) is 140 cm³/mol. The molecule has 1 fully saturated rings. The van der Waals surface area contributed by atoms with Crippen molar-refractivity contribution in [1.82, 2.24) is 9.62 Å². The standard InChI is InChI=1S/C25H36N2O7S2/c1-24(2,3)34-23(30)26-15-11-7-6-8-12-17-33-19-13-9-10-14-20(19)36(31,32)27-16-18-35-25(4,5)21(27)22(28)29/h9-10,13-14,21H,6-7,11,15-18H2,1-5H3,(H,26,30)(H,28,29). The van der Waals surface area contributed by atoms with Gasteiger partial charge in [0.25, 0.3) is 0 Å². The summed E-state index contributed by atoms with van der Waals surface area (Å²) in [6, 6.07) is 5.00. The SMILES string of the molecule is CC(C)(C)OC(=O)NCCCCC#CCOc1ccccc1S(=O)(=O)N1CCSC(C)(C)C1C(=O)O. The first-order chi connectivity index (χ1) is 16.8. The minimum Gasteiger partial charge on any atom is -0.480 e. The number of nitrogens with zero attached hydrogens (tertiary/aromatic N) is 1. The summed E-state index contributed by atoms with van der Waals surface area (Å²) in [5.74, 6) is 5.30. The third kappa shape index (κ3) is 8.61. The molecule has 0 bridgehead atoms. The summed E-state index contributed by atoms with van der Waals surface area (Å²) >= 11 is 1.44. The van der Waals surface area contributed by atoms with Gasteiger partial charge in [-0.1, -0.05) is 24.0 Å². The molecule has 9 nitrogen and oxygen atoms in total. The molecule has 2 rings (SSSR count). The number of para-hydroxylation sites is 1. The molecule has 1 aliphatic heterocycles. The van der Waals surface area contributed by atoms with Gasteiger partial charge in [-0.15, -0.1) is 0 Å². The van der Waals surface area contributed by atoms with E-state index in [1.807, 2.05) is 0 Å². The first-order valence-electron chi connectivity index (χ1n) is 11.8. The van der Waals surface area contributed by atoms with Crippen molar-refractivity contribution in [2.45, 2.75) is 75.2 Å². The third-order valence-electron chi connectivity index (χ3n) is 5.22. The number of benzene rings is 1. The zero-order valence-corrected chi connectivity index (χ0v) is 23.1. The molecule has 0 aromatic heterocycles. The van der Waals surface area contributed by atoms with Gasteiger partial charge < -0.3 is 19.9 Å². The summed E-state index contributed by atoms with van der Waals surface area (Å²) < 4.78 is 38.1. The van der Waals surface area contributed by atoms with E-state index in [2.05, 4.69) is 17.2 Å². The van der Waals surface area contributed by atoms with Crippen molar-refractivity contribution in [2.24, 2.45) is 0 Å². The molecule has 1 aromatic carbocycles. The van der Waals surface area contributed by atoms with Gasteiger partial charge in [-0.05, 0) is 59.6 Å². The van der Waals surface area contributed by atoms with Crippen molar-refractivity contribution in [3.8, 4) is 17.6 Å². The Bertz CT molecular complexity index is 1090. The molecule has 200 valence electrons. The van der Waals surface area contributed by atoms with E-state index in [9.17, 15) is 23.1 Å². The number of carbonyl (C=O) groups is 2. The van der Waals surface area contributed by atoms with Crippen LogP contribution in [-0.4, -0.2) is 71.7 Å². The van der Waals surface area contributed by atoms with Crippen LogP contribution in [-0.2, 0) is 19.6 Å². The molecule has 1 aliphatic rings. The van der Waals surface area contributed by atoms with Crippen LogP contribution in [0, 0.1) is 11.8 Å². The van der Waals surface area contributed by atoms with Gasteiger partial charge in [0, 0.05) is 30.0 Å². The number of carbonyl (C=O) groups excluding carboxylic acids is 1. The first kappa shape index (κ1) is 29.8. The van der Waals surface area contributed by atoms with Crippen LogP contribution in [0.3, 0.4) is 0 Å². The highest BCUT2D eigenvalue weighted by molar-refractivity contribution is 8.01. The molecule has 0 spiro atoms. The molecule has 36 heavy (non-hydrogen) atoms. The van der Waals surface area contributed by atoms with Crippen LogP contribution in [0.2, 0.25) is 0 Å². The van der Waals surface area contributed by atoms with Gasteiger partial charge in [0.2, 0.25) is 10.0 Å². The summed E-state index contributed by atoms with van der Waals surface area (Å²) in [6.45, 7) is 9.47. The van der Waals surface area contributed by atoms with Crippen LogP contribution < -0.4 is 10.1 Å². The van der Waals surface area contributed by atoms with E-state index in [1.54, 1.807) is 46.8 Å². The van der Waals surface area contributed by atoms with Crippen LogP contribution in [0.1, 0.15) is 53.9 Å². The largest absolute Gasteiger partial charge is 0.480 e. The highest BCUT2D eigenvalue weighted by Crippen LogP contribution is 2.39. The smallest absolute Gasteiger partial charge is 0.407 e. The van der Waals surface area contributed by atoms with Crippen LogP contribution in [0.15, 0.2) is 29.2 Å². The molecule has 1 heterocycles. The van der Waals surface area contributed by atoms with Crippen molar-refractivity contribution < 1.29 is 32.6 Å². The van der Waals surface area contributed by atoms with Gasteiger partial charge >= 0.3 is 12.1 Å². The molecule has 1 amide bonds. The highest BCUT2D eigenvalue weighted by atomic mass is 32.2. The molecule has 2 N–H and O–H groups in total. The van der Waals surface area contributed by atoms with E-state index in [4.69, 9.17) is 9.47 Å². The molecule has 0 saturated carbocycles. The number of thioether (sulfide) groups is 1. The van der Waals surface area contributed by atoms with Crippen LogP contribution >= 0.6 is 11.8 Å². The van der Waals surface area contributed by atoms with Gasteiger partial charge in [-0.3, -0.25) is 4.79 Å². The van der Waals surface area contributed by atoms with Crippen molar-refractivity contribution in [3.63, 3.8) is 0 Å². The van der Waals surface area contributed by atoms with Crippen LogP contribution in [0.4, 0.5) is 4.79 Å². The molecule has 1 unspecified atom stereocenters. The highest BCUT2D eigenvalue weighted by Gasteiger charge is 2.48. The summed E-state index contributed by atoms with van der Waals surface area (Å²) in [7, 11) is -4.11. The number of ether oxygens (including phenoxy) is 2. The lowest BCUT2D eigenvalue weighted by molar-refractivity contribution is -0.142. The Kier molecular flexibility index (Phi) is 10.5. The van der Waals surface area contributed by atoms with E-state index in [1.165, 1.54) is 23.9 Å². The number of nitrogens with one attached hydrogen (secondary N) is 1. The Morgan fingerprint density at radius 2 is 1.92 bits per heavy atom. The van der Waals surface area contributed by atoms with Gasteiger partial charge in [0.1, 0.15) is 28.9 Å². The minimum absolute atomic E-state index is 0.00754. The fourth-order valence-electron chi connectivity index (χ4n) is 3.64. The molecule has 11 heteroatoms. The summed E-state index contributed by atoms with van der Waals surface area (Å²) in [6.07, 6.45) is 1.66. The number of alkyl carbamates (subject to hydrolysis) is 1. The number of hydrogen-bond acceptors (Lipinski definition) is 7. The Labute approximate surface area is 218 Å². The number of rotatable bonds is 9. The zero-order valence-electron chi connectivity index (χ0n) is 21.5. The molecule has 1 saturated heterocycles. The van der Waals surface area contributed by atoms with Gasteiger partial charge in [0.05, 0.1) is 0 Å². The summed E-state index contributed by atoms with van der Waals surface area (Å²) in [5, 5.41) is 12.5. The number of amides is 1. The molecule has 0 aliphatic carbocycles. The van der Waals surface area contributed by atoms with Gasteiger partial charge in [-0.2, -0.15) is 16.1 Å². The van der Waals surface area contributed by atoms with Crippen molar-refractivity contribution in [1.29, 1.82) is 0 Å². The molecule has 1 aromatic rings. The molecular formula is C25H36N2O7S2. The van der Waals surface area contributed by atoms with Crippen molar-refractivity contribution in [3.05, 3.63) is 24.3 Å². The van der Waals surface area contributed by atoms with E-state index in [0.717, 1.165) is 17.1 Å². The maximum atomic E-state index is 13.5. The maximum absolute atomic E-state index is 13.5. The fraction of sp³-hybridized carbons (Fsp3) is 0.600. The third-order valence-corrected chi connectivity index (χ3v) is 8.48. The average Bonchev–Trinajstić information content (AvgIpc) is 2.75. The van der Waals surface area contributed by atoms with E-state index >= 15 is 0 Å². The van der Waals surface area contributed by atoms with Crippen LogP contribution in [0.5, 0.6) is 5.75 Å². The fourth-order valence-corrected chi connectivity index (χ4v) is 6.87. The van der Waals surface area contributed by atoms with E-state index < -0.39 is 38.5 Å². The topological polar surface area (TPSA) is 122 Å². The first-order valence-corrected chi connectivity index (χ1v) is 14.2. The summed E-state index contributed by atoms with van der Waals surface area (Å²) in [4.78, 5) is 23.5. The predicted octanol–water partition coefficient (Wildman–Crippen LogP) is 3.73. The Hall–Kier alpha value is -2.42. The minimum atomic E-state index is -4.11. The lowest BCUT2D eigenvalue weighted by Crippen LogP contribution is -2.58. The van der Waals surface area contributed by atoms with Gasteiger partial charge in [0.15, 0.2) is 0 Å². The maximum Gasteiger partial charge on any atom is 0.407 e. The zero-order chi connectivity index (χ0) is 27.0. The number of hydrogen-bond donors (Lipinski definition) is 2. The summed E-state index contributed by atoms with van der Waals surface area (Å²) in [5.41, 5.74) is -0.533. The number of sulfonamides is 1. The van der Waals surface area contributed by atoms with Gasteiger partial charge in [-0.25, -0.2) is 13.2 Å². The van der Waals surface area contributed by atoms with E-state index in [0.29, 0.717) is 18.7 Å². The second-order valence-electron chi connectivity index (χ2n) is 9.78. The Balaban J connectivity index is 1.93. The monoisotopic (exact) mass is 540 g/mol. The number of carboxylic acids is 1. The van der Waals surface area contributed by atoms with Crippen molar-refractivity contribution in [2.75, 3.05) is 25.4 Å². The Morgan fingerprint density at radius 1 is 1.22 bits per heavy atom. The van der Waals surface area contributed by atoms with Crippen LogP contribution in [0.25, 0.3) is 0 Å². The number of carboxylic acid groups (broad SMARTS) is 1. The second-order valence-corrected chi connectivity index (χ2v) is 13.4. The lowest BCUT2D eigenvalue weighted by Gasteiger charge is -2.42. The molecular weight excluding hydrogens is 504 g/mol. The number of unbranched alkanes of at least 4 members (excludes halogenated alkanes) is 2.